The van der Waals surface area contributed by atoms with Gasteiger partial charge in [-0.2, -0.15) is 0 Å². The number of nitrogens with one attached hydrogen (secondary N) is 1. The molecular formula is C18H26ClN3O3. The molecule has 0 radical (unpaired) electrons. The Hall–Kier alpha value is -1.50. The summed E-state index contributed by atoms with van der Waals surface area (Å²) < 4.78 is 11.1. The Kier molecular flexibility index (Phi) is 6.04. The zero-order valence-electron chi connectivity index (χ0n) is 14.8. The molecule has 3 rings (SSSR count). The third-order valence-electron chi connectivity index (χ3n) is 4.52. The molecule has 1 amide bonds. The van der Waals surface area contributed by atoms with Crippen molar-refractivity contribution in [2.75, 3.05) is 56.2 Å². The van der Waals surface area contributed by atoms with E-state index in [9.17, 15) is 4.79 Å². The van der Waals surface area contributed by atoms with Gasteiger partial charge >= 0.3 is 0 Å². The summed E-state index contributed by atoms with van der Waals surface area (Å²) in [6.07, 6.45) is 0.144. The number of carbonyl (C=O) groups excluding carboxylic acids is 1. The second-order valence-electron chi connectivity index (χ2n) is 6.65. The molecule has 0 aromatic heterocycles. The maximum absolute atomic E-state index is 12.6. The van der Waals surface area contributed by atoms with Gasteiger partial charge in [0.2, 0.25) is 5.91 Å². The van der Waals surface area contributed by atoms with Crippen molar-refractivity contribution < 1.29 is 14.3 Å². The van der Waals surface area contributed by atoms with E-state index in [-0.39, 0.29) is 24.7 Å². The molecule has 0 aliphatic carbocycles. The highest BCUT2D eigenvalue weighted by molar-refractivity contribution is 6.34. The minimum Gasteiger partial charge on any atom is -0.378 e. The number of rotatable bonds is 4. The van der Waals surface area contributed by atoms with Gasteiger partial charge in [-0.25, -0.2) is 0 Å². The topological polar surface area (TPSA) is 54.0 Å². The molecule has 2 heterocycles. The molecule has 1 aromatic carbocycles. The predicted molar refractivity (Wildman–Crippen MR) is 99.6 cm³/mol. The Morgan fingerprint density at radius 1 is 1.24 bits per heavy atom. The van der Waals surface area contributed by atoms with Crippen LogP contribution in [-0.4, -0.2) is 69.0 Å². The Bertz CT molecular complexity index is 597. The van der Waals surface area contributed by atoms with Crippen LogP contribution in [0.2, 0.25) is 5.02 Å². The molecule has 2 atom stereocenters. The third-order valence-corrected chi connectivity index (χ3v) is 4.82. The monoisotopic (exact) mass is 367 g/mol. The lowest BCUT2D eigenvalue weighted by Gasteiger charge is -2.35. The summed E-state index contributed by atoms with van der Waals surface area (Å²) in [5, 5.41) is 3.97. The highest BCUT2D eigenvalue weighted by atomic mass is 35.5. The molecule has 2 aliphatic rings. The SMILES string of the molecule is CC1CN(C(=O)CNc2cccc(Cl)c2N2CCOCC2)CC(C)O1. The van der Waals surface area contributed by atoms with Crippen LogP contribution in [0, 0.1) is 0 Å². The van der Waals surface area contributed by atoms with Crippen LogP contribution in [0.4, 0.5) is 11.4 Å². The van der Waals surface area contributed by atoms with Crippen molar-refractivity contribution in [2.24, 2.45) is 0 Å². The van der Waals surface area contributed by atoms with E-state index in [1.165, 1.54) is 0 Å². The molecule has 7 heteroatoms. The molecule has 2 fully saturated rings. The normalized spacial score (nSPS) is 24.3. The van der Waals surface area contributed by atoms with Crippen LogP contribution in [-0.2, 0) is 14.3 Å². The second kappa shape index (κ2) is 8.25. The second-order valence-corrected chi connectivity index (χ2v) is 7.05. The van der Waals surface area contributed by atoms with Crippen molar-refractivity contribution in [2.45, 2.75) is 26.1 Å². The van der Waals surface area contributed by atoms with Crippen molar-refractivity contribution >= 4 is 28.9 Å². The predicted octanol–water partition coefficient (Wildman–Crippen LogP) is 2.22. The van der Waals surface area contributed by atoms with Gasteiger partial charge < -0.3 is 24.6 Å². The fourth-order valence-corrected chi connectivity index (χ4v) is 3.72. The Morgan fingerprint density at radius 2 is 1.92 bits per heavy atom. The van der Waals surface area contributed by atoms with Gasteiger partial charge in [-0.3, -0.25) is 4.79 Å². The van der Waals surface area contributed by atoms with E-state index in [4.69, 9.17) is 21.1 Å². The zero-order valence-corrected chi connectivity index (χ0v) is 15.6. The van der Waals surface area contributed by atoms with Gasteiger partial charge in [0.05, 0.1) is 48.4 Å². The van der Waals surface area contributed by atoms with Gasteiger partial charge in [0.1, 0.15) is 0 Å². The number of carbonyl (C=O) groups is 1. The number of morpholine rings is 2. The van der Waals surface area contributed by atoms with E-state index in [1.807, 2.05) is 36.9 Å². The van der Waals surface area contributed by atoms with Crippen LogP contribution >= 0.6 is 11.6 Å². The van der Waals surface area contributed by atoms with Crippen LogP contribution in [0.5, 0.6) is 0 Å². The third kappa shape index (κ3) is 4.57. The van der Waals surface area contributed by atoms with Crippen LogP contribution < -0.4 is 10.2 Å². The molecule has 6 nitrogen and oxygen atoms in total. The maximum Gasteiger partial charge on any atom is 0.242 e. The first-order valence-electron chi connectivity index (χ1n) is 8.83. The van der Waals surface area contributed by atoms with Crippen LogP contribution in [0.3, 0.4) is 0 Å². The number of halogens is 1. The number of hydrogen-bond donors (Lipinski definition) is 1. The number of benzene rings is 1. The molecule has 138 valence electrons. The number of nitrogens with zero attached hydrogens (tertiary/aromatic N) is 2. The molecule has 1 N–H and O–H groups in total. The summed E-state index contributed by atoms with van der Waals surface area (Å²) in [5.74, 6) is 0.0786. The van der Waals surface area contributed by atoms with E-state index >= 15 is 0 Å². The van der Waals surface area contributed by atoms with E-state index < -0.39 is 0 Å². The summed E-state index contributed by atoms with van der Waals surface area (Å²) >= 11 is 6.43. The molecule has 1 aromatic rings. The lowest BCUT2D eigenvalue weighted by Crippen LogP contribution is -2.49. The fourth-order valence-electron chi connectivity index (χ4n) is 3.43. The van der Waals surface area contributed by atoms with Crippen LogP contribution in [0.25, 0.3) is 0 Å². The summed E-state index contributed by atoms with van der Waals surface area (Å²) in [6, 6.07) is 5.75. The first-order valence-corrected chi connectivity index (χ1v) is 9.20. The van der Waals surface area contributed by atoms with Crippen LogP contribution in [0.1, 0.15) is 13.8 Å². The van der Waals surface area contributed by atoms with Crippen molar-refractivity contribution in [1.29, 1.82) is 0 Å². The number of amides is 1. The van der Waals surface area contributed by atoms with Gasteiger partial charge in [0.15, 0.2) is 0 Å². The van der Waals surface area contributed by atoms with Crippen LogP contribution in [0.15, 0.2) is 18.2 Å². The van der Waals surface area contributed by atoms with E-state index in [0.717, 1.165) is 24.5 Å². The van der Waals surface area contributed by atoms with Gasteiger partial charge in [0, 0.05) is 26.2 Å². The summed E-state index contributed by atoms with van der Waals surface area (Å²) in [5.41, 5.74) is 1.83. The summed E-state index contributed by atoms with van der Waals surface area (Å²) in [6.45, 7) is 8.48. The average molecular weight is 368 g/mol. The molecule has 2 saturated heterocycles. The highest BCUT2D eigenvalue weighted by Crippen LogP contribution is 2.34. The van der Waals surface area contributed by atoms with Crippen molar-refractivity contribution in [3.8, 4) is 0 Å². The Morgan fingerprint density at radius 3 is 2.60 bits per heavy atom. The van der Waals surface area contributed by atoms with E-state index in [2.05, 4.69) is 10.2 Å². The highest BCUT2D eigenvalue weighted by Gasteiger charge is 2.26. The van der Waals surface area contributed by atoms with Gasteiger partial charge in [0.25, 0.3) is 0 Å². The molecule has 0 saturated carbocycles. The minimum atomic E-state index is 0.0720. The average Bonchev–Trinajstić information content (AvgIpc) is 2.59. The smallest absolute Gasteiger partial charge is 0.242 e. The lowest BCUT2D eigenvalue weighted by atomic mass is 10.2. The molecule has 25 heavy (non-hydrogen) atoms. The van der Waals surface area contributed by atoms with Gasteiger partial charge in [-0.05, 0) is 26.0 Å². The Balaban J connectivity index is 1.66. The zero-order chi connectivity index (χ0) is 17.8. The maximum atomic E-state index is 12.6. The minimum absolute atomic E-state index is 0.0720. The summed E-state index contributed by atoms with van der Waals surface area (Å²) in [4.78, 5) is 16.6. The summed E-state index contributed by atoms with van der Waals surface area (Å²) in [7, 11) is 0. The first-order chi connectivity index (χ1) is 12.0. The largest absolute Gasteiger partial charge is 0.378 e. The first kappa shape index (κ1) is 18.3. The standard InChI is InChI=1S/C18H26ClN3O3/c1-13-11-22(12-14(2)25-13)17(23)10-20-16-5-3-4-15(19)18(16)21-6-8-24-9-7-21/h3-5,13-14,20H,6-12H2,1-2H3. The number of ether oxygens (including phenoxy) is 2. The van der Waals surface area contributed by atoms with Gasteiger partial charge in [-0.15, -0.1) is 0 Å². The fraction of sp³-hybridized carbons (Fsp3) is 0.611. The molecule has 0 bridgehead atoms. The molecule has 2 unspecified atom stereocenters. The number of hydrogen-bond acceptors (Lipinski definition) is 5. The number of para-hydroxylation sites is 1. The quantitative estimate of drug-likeness (QED) is 0.884. The van der Waals surface area contributed by atoms with Crippen molar-refractivity contribution in [1.82, 2.24) is 4.90 Å². The van der Waals surface area contributed by atoms with E-state index in [1.54, 1.807) is 0 Å². The van der Waals surface area contributed by atoms with Gasteiger partial charge in [-0.1, -0.05) is 17.7 Å². The lowest BCUT2D eigenvalue weighted by molar-refractivity contribution is -0.141. The molecule has 2 aliphatic heterocycles. The molecular weight excluding hydrogens is 342 g/mol. The van der Waals surface area contributed by atoms with Crippen molar-refractivity contribution in [3.05, 3.63) is 23.2 Å². The Labute approximate surface area is 154 Å². The molecule has 0 spiro atoms. The van der Waals surface area contributed by atoms with E-state index in [0.29, 0.717) is 31.3 Å². The number of anilines is 2. The van der Waals surface area contributed by atoms with Crippen molar-refractivity contribution in [3.63, 3.8) is 0 Å².